The predicted molar refractivity (Wildman–Crippen MR) is 138 cm³/mol. The minimum Gasteiger partial charge on any atom is -0.494 e. The Morgan fingerprint density at radius 1 is 1.21 bits per heavy atom. The summed E-state index contributed by atoms with van der Waals surface area (Å²) in [5.74, 6) is -1.04. The van der Waals surface area contributed by atoms with Gasteiger partial charge in [-0.25, -0.2) is 9.18 Å². The maximum absolute atomic E-state index is 13.7. The van der Waals surface area contributed by atoms with E-state index >= 15 is 0 Å². The Hall–Kier alpha value is -3.99. The van der Waals surface area contributed by atoms with E-state index in [2.05, 4.69) is 10.6 Å². The number of carbonyl (C=O) groups is 4. The largest absolute Gasteiger partial charge is 0.494 e. The number of hydrogen-bond acceptors (Lipinski definition) is 6. The zero-order chi connectivity index (χ0) is 27.9. The van der Waals surface area contributed by atoms with Crippen molar-refractivity contribution in [3.05, 3.63) is 58.9 Å². The standard InChI is InChI=1S/C28H31FN4O6/c1-16(18-6-7-18)33(13-17-4-8-19(29)9-5-17)24(35)14-32-15-39-28(26(32)36)21-10-11-22(31-27(37)30-2)25(38-3)20(21)12-23(28)34/h4-5,8-11,16,18H,6-7,12-15H2,1-3H3,(H2,30,31,37)/t16-,28?/m0/s1. The molecule has 4 amide bonds. The highest BCUT2D eigenvalue weighted by Gasteiger charge is 2.60. The first-order chi connectivity index (χ1) is 18.7. The molecular formula is C28H31FN4O6. The third-order valence-corrected chi connectivity index (χ3v) is 7.78. The maximum Gasteiger partial charge on any atom is 0.319 e. The molecule has 3 aliphatic rings. The molecule has 1 saturated carbocycles. The summed E-state index contributed by atoms with van der Waals surface area (Å²) in [6.45, 7) is 1.79. The molecule has 2 aliphatic carbocycles. The quantitative estimate of drug-likeness (QED) is 0.499. The fraction of sp³-hybridized carbons (Fsp3) is 0.429. The van der Waals surface area contributed by atoms with Crippen LogP contribution in [0, 0.1) is 11.7 Å². The monoisotopic (exact) mass is 538 g/mol. The van der Waals surface area contributed by atoms with Crippen molar-refractivity contribution >= 4 is 29.3 Å². The van der Waals surface area contributed by atoms with Crippen molar-refractivity contribution in [3.8, 4) is 5.75 Å². The first kappa shape index (κ1) is 26.6. The average Bonchev–Trinajstić information content (AvgIpc) is 3.67. The summed E-state index contributed by atoms with van der Waals surface area (Å²) in [4.78, 5) is 55.4. The summed E-state index contributed by atoms with van der Waals surface area (Å²) in [5.41, 5.74) is 0.0759. The number of fused-ring (bicyclic) bond motifs is 2. The Morgan fingerprint density at radius 2 is 1.92 bits per heavy atom. The predicted octanol–water partition coefficient (Wildman–Crippen LogP) is 2.55. The van der Waals surface area contributed by atoms with Gasteiger partial charge in [0.05, 0.1) is 12.8 Å². The molecule has 0 aromatic heterocycles. The number of nitrogens with zero attached hydrogens (tertiary/aromatic N) is 2. The van der Waals surface area contributed by atoms with Crippen LogP contribution in [0.2, 0.25) is 0 Å². The van der Waals surface area contributed by atoms with E-state index in [9.17, 15) is 23.6 Å². The first-order valence-corrected chi connectivity index (χ1v) is 12.9. The van der Waals surface area contributed by atoms with Crippen LogP contribution in [0.4, 0.5) is 14.9 Å². The van der Waals surface area contributed by atoms with Crippen molar-refractivity contribution in [2.24, 2.45) is 5.92 Å². The van der Waals surface area contributed by atoms with Crippen molar-refractivity contribution in [1.82, 2.24) is 15.1 Å². The minimum absolute atomic E-state index is 0.0560. The molecule has 1 unspecified atom stereocenters. The summed E-state index contributed by atoms with van der Waals surface area (Å²) in [6.07, 6.45) is 1.92. The Morgan fingerprint density at radius 3 is 2.56 bits per heavy atom. The van der Waals surface area contributed by atoms with Crippen molar-refractivity contribution in [2.75, 3.05) is 32.7 Å². The van der Waals surface area contributed by atoms with E-state index in [0.29, 0.717) is 22.7 Å². The zero-order valence-corrected chi connectivity index (χ0v) is 22.1. The van der Waals surface area contributed by atoms with Gasteiger partial charge in [-0.2, -0.15) is 0 Å². The number of ether oxygens (including phenoxy) is 2. The lowest BCUT2D eigenvalue weighted by Gasteiger charge is -2.31. The van der Waals surface area contributed by atoms with Crippen LogP contribution in [-0.2, 0) is 37.7 Å². The normalized spacial score (nSPS) is 20.7. The van der Waals surface area contributed by atoms with E-state index in [1.54, 1.807) is 29.2 Å². The van der Waals surface area contributed by atoms with Crippen molar-refractivity contribution in [2.45, 2.75) is 44.4 Å². The summed E-state index contributed by atoms with van der Waals surface area (Å²) in [6, 6.07) is 8.61. The van der Waals surface area contributed by atoms with Gasteiger partial charge in [-0.3, -0.25) is 14.4 Å². The van der Waals surface area contributed by atoms with Crippen LogP contribution in [0.3, 0.4) is 0 Å². The highest BCUT2D eigenvalue weighted by molar-refractivity contribution is 6.15. The van der Waals surface area contributed by atoms with Gasteiger partial charge in [0.1, 0.15) is 24.8 Å². The second-order valence-corrected chi connectivity index (χ2v) is 10.2. The van der Waals surface area contributed by atoms with E-state index in [0.717, 1.165) is 18.4 Å². The van der Waals surface area contributed by atoms with Crippen LogP contribution in [0.15, 0.2) is 36.4 Å². The Balaban J connectivity index is 1.38. The van der Waals surface area contributed by atoms with Crippen molar-refractivity contribution in [3.63, 3.8) is 0 Å². The van der Waals surface area contributed by atoms with E-state index in [-0.39, 0.29) is 49.8 Å². The topological polar surface area (TPSA) is 117 Å². The molecule has 39 heavy (non-hydrogen) atoms. The number of amides is 4. The molecule has 2 atom stereocenters. The number of urea groups is 1. The third-order valence-electron chi connectivity index (χ3n) is 7.78. The number of hydrogen-bond donors (Lipinski definition) is 2. The summed E-state index contributed by atoms with van der Waals surface area (Å²) < 4.78 is 24.8. The fourth-order valence-corrected chi connectivity index (χ4v) is 5.45. The maximum atomic E-state index is 13.7. The van der Waals surface area contributed by atoms with Gasteiger partial charge in [0.2, 0.25) is 11.5 Å². The van der Waals surface area contributed by atoms with Gasteiger partial charge >= 0.3 is 6.03 Å². The van der Waals surface area contributed by atoms with Crippen LogP contribution in [0.25, 0.3) is 0 Å². The molecule has 0 bridgehead atoms. The van der Waals surface area contributed by atoms with E-state index in [4.69, 9.17) is 9.47 Å². The van der Waals surface area contributed by atoms with Gasteiger partial charge < -0.3 is 29.9 Å². The lowest BCUT2D eigenvalue weighted by atomic mass is 9.93. The van der Waals surface area contributed by atoms with Gasteiger partial charge in [-0.1, -0.05) is 18.2 Å². The van der Waals surface area contributed by atoms with Crippen LogP contribution in [0.1, 0.15) is 36.5 Å². The molecule has 1 spiro atoms. The summed E-state index contributed by atoms with van der Waals surface area (Å²) in [7, 11) is 2.89. The molecule has 10 nitrogen and oxygen atoms in total. The van der Waals surface area contributed by atoms with E-state index in [1.807, 2.05) is 6.92 Å². The molecule has 2 aromatic rings. The second-order valence-electron chi connectivity index (χ2n) is 10.2. The highest BCUT2D eigenvalue weighted by atomic mass is 19.1. The fourth-order valence-electron chi connectivity index (χ4n) is 5.45. The van der Waals surface area contributed by atoms with Crippen molar-refractivity contribution in [1.29, 1.82) is 0 Å². The number of halogens is 1. The Kier molecular flexibility index (Phi) is 7.02. The third kappa shape index (κ3) is 4.71. The van der Waals surface area contributed by atoms with Gasteiger partial charge in [-0.05, 0) is 49.4 Å². The highest BCUT2D eigenvalue weighted by Crippen LogP contribution is 2.47. The van der Waals surface area contributed by atoms with Gasteiger partial charge in [0, 0.05) is 37.2 Å². The Labute approximate surface area is 225 Å². The molecule has 11 heteroatoms. The molecule has 0 radical (unpaired) electrons. The first-order valence-electron chi connectivity index (χ1n) is 12.9. The van der Waals surface area contributed by atoms with Gasteiger partial charge in [0.15, 0.2) is 5.78 Å². The molecular weight excluding hydrogens is 507 g/mol. The van der Waals surface area contributed by atoms with Crippen LogP contribution >= 0.6 is 0 Å². The lowest BCUT2D eigenvalue weighted by molar-refractivity contribution is -0.149. The molecule has 206 valence electrons. The molecule has 2 N–H and O–H groups in total. The number of anilines is 1. The van der Waals surface area contributed by atoms with Crippen LogP contribution < -0.4 is 15.4 Å². The molecule has 2 fully saturated rings. The summed E-state index contributed by atoms with van der Waals surface area (Å²) in [5, 5.41) is 5.10. The number of carbonyl (C=O) groups excluding carboxylic acids is 4. The number of ketones is 1. The zero-order valence-electron chi connectivity index (χ0n) is 22.1. The van der Waals surface area contributed by atoms with Gasteiger partial charge in [0.25, 0.3) is 5.91 Å². The lowest BCUT2D eigenvalue weighted by Crippen LogP contribution is -2.48. The molecule has 1 aliphatic heterocycles. The van der Waals surface area contributed by atoms with E-state index < -0.39 is 23.3 Å². The second kappa shape index (κ2) is 10.3. The number of benzene rings is 2. The Bertz CT molecular complexity index is 1330. The molecule has 1 heterocycles. The molecule has 2 aromatic carbocycles. The van der Waals surface area contributed by atoms with E-state index in [1.165, 1.54) is 31.2 Å². The smallest absolute Gasteiger partial charge is 0.319 e. The molecule has 5 rings (SSSR count). The van der Waals surface area contributed by atoms with Crippen molar-refractivity contribution < 1.29 is 33.0 Å². The molecule has 1 saturated heterocycles. The van der Waals surface area contributed by atoms with Crippen LogP contribution in [0.5, 0.6) is 5.75 Å². The number of nitrogens with one attached hydrogen (secondary N) is 2. The van der Waals surface area contributed by atoms with Gasteiger partial charge in [-0.15, -0.1) is 0 Å². The minimum atomic E-state index is -1.86. The van der Waals surface area contributed by atoms with Crippen LogP contribution in [-0.4, -0.2) is 66.9 Å². The summed E-state index contributed by atoms with van der Waals surface area (Å²) >= 11 is 0. The average molecular weight is 539 g/mol. The number of rotatable bonds is 8. The number of methoxy groups -OCH3 is 1. The SMILES string of the molecule is CNC(=O)Nc1ccc2c(c1OC)CC(=O)C21OCN(CC(=O)N(Cc2ccc(F)cc2)[C@@H](C)C2CC2)C1=O. The number of Topliss-reactive ketones (excluding diaryl/α,β-unsaturated/α-hetero) is 1.